The third-order valence-electron chi connectivity index (χ3n) is 2.95. The van der Waals surface area contributed by atoms with Gasteiger partial charge in [0.25, 0.3) is 0 Å². The first kappa shape index (κ1) is 11.1. The van der Waals surface area contributed by atoms with E-state index in [1.165, 1.54) is 6.32 Å². The Labute approximate surface area is 72.8 Å². The van der Waals surface area contributed by atoms with E-state index >= 15 is 0 Å². The molecule has 0 spiro atoms. The largest absolute Gasteiger partial charge is 0.133 e. The zero-order valence-electron chi connectivity index (χ0n) is 9.28. The number of hydrogen-bond acceptors (Lipinski definition) is 0. The smallest absolute Gasteiger partial charge is 0.0863 e. The molecule has 0 bridgehead atoms. The summed E-state index contributed by atoms with van der Waals surface area (Å²) in [6.45, 7) is 17.1. The van der Waals surface area contributed by atoms with Crippen molar-refractivity contribution in [3.8, 4) is 0 Å². The van der Waals surface area contributed by atoms with Gasteiger partial charge in [0, 0.05) is 0 Å². The van der Waals surface area contributed by atoms with Crippen LogP contribution in [0.4, 0.5) is 0 Å². The highest BCUT2D eigenvalue weighted by atomic mass is 14.3. The van der Waals surface area contributed by atoms with Crippen molar-refractivity contribution in [3.63, 3.8) is 0 Å². The molecular weight excluding hydrogens is 131 g/mol. The third-order valence-corrected chi connectivity index (χ3v) is 2.95. The second kappa shape index (κ2) is 3.20. The molecule has 0 atom stereocenters. The van der Waals surface area contributed by atoms with Crippen molar-refractivity contribution >= 4 is 6.71 Å². The van der Waals surface area contributed by atoms with E-state index in [0.717, 1.165) is 6.71 Å². The summed E-state index contributed by atoms with van der Waals surface area (Å²) in [5.41, 5.74) is 0.887. The van der Waals surface area contributed by atoms with E-state index in [1.807, 2.05) is 0 Å². The second-order valence-corrected chi connectivity index (χ2v) is 5.73. The second-order valence-electron chi connectivity index (χ2n) is 5.73. The molecule has 0 unspecified atom stereocenters. The minimum absolute atomic E-state index is 0.428. The van der Waals surface area contributed by atoms with Crippen molar-refractivity contribution in [2.75, 3.05) is 0 Å². The summed E-state index contributed by atoms with van der Waals surface area (Å²) >= 11 is 0. The Hall–Kier alpha value is 0.0649. The predicted octanol–water partition coefficient (Wildman–Crippen LogP) is 3.81. The first-order valence-corrected chi connectivity index (χ1v) is 4.67. The Kier molecular flexibility index (Phi) is 3.22. The van der Waals surface area contributed by atoms with Gasteiger partial charge in [-0.2, -0.15) is 0 Å². The highest BCUT2D eigenvalue weighted by Gasteiger charge is 2.33. The molecule has 0 aromatic carbocycles. The minimum Gasteiger partial charge on any atom is -0.0863 e. The van der Waals surface area contributed by atoms with Crippen molar-refractivity contribution < 1.29 is 0 Å². The molecule has 0 radical (unpaired) electrons. The van der Waals surface area contributed by atoms with Gasteiger partial charge in [-0.05, 0) is 10.8 Å². The summed E-state index contributed by atoms with van der Waals surface area (Å²) in [6.07, 6.45) is 1.32. The van der Waals surface area contributed by atoms with Gasteiger partial charge in [0.05, 0.1) is 0 Å². The van der Waals surface area contributed by atoms with Crippen LogP contribution in [0.5, 0.6) is 0 Å². The molecule has 0 heterocycles. The number of hydrogen-bond donors (Lipinski definition) is 0. The van der Waals surface area contributed by atoms with E-state index in [-0.39, 0.29) is 0 Å². The van der Waals surface area contributed by atoms with Crippen LogP contribution in [-0.2, 0) is 0 Å². The monoisotopic (exact) mass is 154 g/mol. The molecule has 66 valence electrons. The zero-order chi connectivity index (χ0) is 9.28. The van der Waals surface area contributed by atoms with Gasteiger partial charge in [-0.25, -0.2) is 0 Å². The fourth-order valence-electron chi connectivity index (χ4n) is 1.33. The number of rotatable bonds is 2. The molecule has 0 N–H and O–H groups in total. The lowest BCUT2D eigenvalue weighted by Gasteiger charge is -2.40. The van der Waals surface area contributed by atoms with E-state index in [1.54, 1.807) is 0 Å². The molecule has 0 saturated heterocycles. The first-order chi connectivity index (χ1) is 4.67. The summed E-state index contributed by atoms with van der Waals surface area (Å²) in [7, 11) is 0. The van der Waals surface area contributed by atoms with E-state index in [9.17, 15) is 0 Å². The van der Waals surface area contributed by atoms with E-state index in [2.05, 4.69) is 48.3 Å². The first-order valence-electron chi connectivity index (χ1n) is 4.67. The van der Waals surface area contributed by atoms with Gasteiger partial charge in [-0.15, -0.1) is 0 Å². The minimum atomic E-state index is 0.428. The Balaban J connectivity index is 4.22. The van der Waals surface area contributed by atoms with E-state index in [4.69, 9.17) is 0 Å². The Morgan fingerprint density at radius 3 is 1.36 bits per heavy atom. The average molecular weight is 154 g/mol. The van der Waals surface area contributed by atoms with Crippen LogP contribution in [0.2, 0.25) is 20.0 Å². The molecule has 0 amide bonds. The molecule has 0 aromatic heterocycles. The molecule has 0 aromatic rings. The van der Waals surface area contributed by atoms with Gasteiger partial charge in [0.2, 0.25) is 0 Å². The summed E-state index contributed by atoms with van der Waals surface area (Å²) in [6, 6.07) is 0. The lowest BCUT2D eigenvalue weighted by atomic mass is 9.44. The van der Waals surface area contributed by atoms with Gasteiger partial charge < -0.3 is 0 Å². The summed E-state index contributed by atoms with van der Waals surface area (Å²) in [5, 5.41) is 0. The predicted molar refractivity (Wildman–Crippen MR) is 55.5 cm³/mol. The van der Waals surface area contributed by atoms with Gasteiger partial charge in [-0.1, -0.05) is 54.6 Å². The fraction of sp³-hybridized carbons (Fsp3) is 1.00. The van der Waals surface area contributed by atoms with E-state index < -0.39 is 0 Å². The van der Waals surface area contributed by atoms with Crippen molar-refractivity contribution in [2.45, 2.75) is 54.6 Å². The summed E-state index contributed by atoms with van der Waals surface area (Å²) in [4.78, 5) is 0. The molecule has 0 rings (SSSR count). The van der Waals surface area contributed by atoms with Gasteiger partial charge in [-0.3, -0.25) is 0 Å². The van der Waals surface area contributed by atoms with Crippen LogP contribution in [0.3, 0.4) is 0 Å². The zero-order valence-corrected chi connectivity index (χ0v) is 9.28. The van der Waals surface area contributed by atoms with Crippen LogP contribution in [0.25, 0.3) is 0 Å². The summed E-state index contributed by atoms with van der Waals surface area (Å²) < 4.78 is 0. The van der Waals surface area contributed by atoms with Gasteiger partial charge >= 0.3 is 0 Å². The third kappa shape index (κ3) is 3.31. The highest BCUT2D eigenvalue weighted by Crippen LogP contribution is 2.41. The molecular formula is C10H23B. The Morgan fingerprint density at radius 1 is 0.909 bits per heavy atom. The maximum atomic E-state index is 2.37. The van der Waals surface area contributed by atoms with Gasteiger partial charge in [0.15, 0.2) is 0 Å². The maximum Gasteiger partial charge on any atom is 0.133 e. The Bertz CT molecular complexity index is 117. The SMILES string of the molecule is CB(C)CC(C)(C)C(C)(C)C. The highest BCUT2D eigenvalue weighted by molar-refractivity contribution is 6.55. The Morgan fingerprint density at radius 2 is 1.27 bits per heavy atom. The van der Waals surface area contributed by atoms with Crippen molar-refractivity contribution in [1.82, 2.24) is 0 Å². The molecule has 1 heteroatoms. The lowest BCUT2D eigenvalue weighted by molar-refractivity contribution is 0.155. The lowest BCUT2D eigenvalue weighted by Crippen LogP contribution is -2.32. The molecule has 0 fully saturated rings. The van der Waals surface area contributed by atoms with Crippen LogP contribution in [0.15, 0.2) is 0 Å². The standard InChI is InChI=1S/C10H23B/c1-9(2,3)10(4,5)8-11(6)7/h8H2,1-7H3. The van der Waals surface area contributed by atoms with Crippen LogP contribution >= 0.6 is 0 Å². The topological polar surface area (TPSA) is 0 Å². The maximum absolute atomic E-state index is 2.37. The van der Waals surface area contributed by atoms with Crippen molar-refractivity contribution in [2.24, 2.45) is 10.8 Å². The normalized spacial score (nSPS) is 13.4. The molecule has 0 aliphatic heterocycles. The van der Waals surface area contributed by atoms with E-state index in [0.29, 0.717) is 10.8 Å². The molecule has 0 saturated carbocycles. The summed E-state index contributed by atoms with van der Waals surface area (Å²) in [5.74, 6) is 0. The van der Waals surface area contributed by atoms with Crippen LogP contribution in [0, 0.1) is 10.8 Å². The molecule has 0 aliphatic rings. The van der Waals surface area contributed by atoms with Gasteiger partial charge in [0.1, 0.15) is 6.71 Å². The van der Waals surface area contributed by atoms with Crippen LogP contribution < -0.4 is 0 Å². The molecule has 11 heavy (non-hydrogen) atoms. The average Bonchev–Trinajstić information content (AvgIpc) is 1.56. The quantitative estimate of drug-likeness (QED) is 0.530. The van der Waals surface area contributed by atoms with Crippen LogP contribution in [0.1, 0.15) is 34.6 Å². The molecule has 0 aliphatic carbocycles. The van der Waals surface area contributed by atoms with Crippen molar-refractivity contribution in [3.05, 3.63) is 0 Å². The van der Waals surface area contributed by atoms with Crippen molar-refractivity contribution in [1.29, 1.82) is 0 Å². The van der Waals surface area contributed by atoms with Crippen LogP contribution in [-0.4, -0.2) is 6.71 Å². The fourth-order valence-corrected chi connectivity index (χ4v) is 1.33. The molecule has 0 nitrogen and oxygen atoms in total.